The number of hydrazone groups is 1. The molecule has 0 N–H and O–H groups in total. The molecule has 160 valence electrons. The van der Waals surface area contributed by atoms with Crippen LogP contribution in [0.5, 0.6) is 11.5 Å². The Hall–Kier alpha value is -3.59. The minimum atomic E-state index is -0.723. The van der Waals surface area contributed by atoms with Gasteiger partial charge in [0.15, 0.2) is 6.61 Å². The number of methoxy groups -OCH3 is 2. The number of hydrogen-bond acceptors (Lipinski definition) is 8. The van der Waals surface area contributed by atoms with Crippen LogP contribution in [0.1, 0.15) is 33.5 Å². The molecule has 0 saturated heterocycles. The lowest BCUT2D eigenvalue weighted by molar-refractivity contribution is -0.136. The minimum Gasteiger partial charge on any atom is -0.496 e. The molecule has 1 amide bonds. The van der Waals surface area contributed by atoms with Gasteiger partial charge in [-0.05, 0) is 35.7 Å². The highest BCUT2D eigenvalue weighted by Gasteiger charge is 2.35. The molecule has 3 heterocycles. The predicted octanol–water partition coefficient (Wildman–Crippen LogP) is 3.89. The van der Waals surface area contributed by atoms with E-state index in [1.54, 1.807) is 47.9 Å². The van der Waals surface area contributed by atoms with Crippen LogP contribution < -0.4 is 9.47 Å². The van der Waals surface area contributed by atoms with Crippen LogP contribution >= 0.6 is 11.3 Å². The molecule has 0 saturated carbocycles. The lowest BCUT2D eigenvalue weighted by Gasteiger charge is -2.20. The summed E-state index contributed by atoms with van der Waals surface area (Å²) in [5, 5.41) is 7.77. The standard InChI is InChI=1S/C22H20N2O6S/c1-27-17-6-3-7-18(28-2)21(17)22(26)30-13-20(25)24-15(16-8-4-10-29-16)12-14(23-24)19-9-5-11-31-19/h3-11,15H,12-13H2,1-2H3. The van der Waals surface area contributed by atoms with E-state index in [9.17, 15) is 9.59 Å². The summed E-state index contributed by atoms with van der Waals surface area (Å²) >= 11 is 1.54. The molecule has 31 heavy (non-hydrogen) atoms. The van der Waals surface area contributed by atoms with Gasteiger partial charge < -0.3 is 18.6 Å². The molecule has 1 atom stereocenters. The van der Waals surface area contributed by atoms with E-state index < -0.39 is 24.5 Å². The fraction of sp³-hybridized carbons (Fsp3) is 0.227. The van der Waals surface area contributed by atoms with E-state index >= 15 is 0 Å². The van der Waals surface area contributed by atoms with E-state index in [4.69, 9.17) is 18.6 Å². The Kier molecular flexibility index (Phi) is 6.03. The lowest BCUT2D eigenvalue weighted by atomic mass is 10.1. The first-order valence-electron chi connectivity index (χ1n) is 9.47. The number of amides is 1. The van der Waals surface area contributed by atoms with Gasteiger partial charge in [-0.3, -0.25) is 4.79 Å². The molecular weight excluding hydrogens is 420 g/mol. The Morgan fingerprint density at radius 1 is 1.13 bits per heavy atom. The molecule has 1 unspecified atom stereocenters. The fourth-order valence-electron chi connectivity index (χ4n) is 3.35. The van der Waals surface area contributed by atoms with Crippen molar-refractivity contribution in [3.63, 3.8) is 0 Å². The van der Waals surface area contributed by atoms with Crippen LogP contribution in [0.4, 0.5) is 0 Å². The summed E-state index contributed by atoms with van der Waals surface area (Å²) in [6.45, 7) is -0.488. The van der Waals surface area contributed by atoms with Crippen LogP contribution in [0.3, 0.4) is 0 Å². The van der Waals surface area contributed by atoms with Crippen molar-refractivity contribution in [2.75, 3.05) is 20.8 Å². The molecule has 1 aromatic carbocycles. The minimum absolute atomic E-state index is 0.118. The molecule has 0 bridgehead atoms. The van der Waals surface area contributed by atoms with Crippen molar-refractivity contribution >= 4 is 28.9 Å². The number of benzene rings is 1. The molecule has 0 aliphatic carbocycles. The maximum atomic E-state index is 13.0. The van der Waals surface area contributed by atoms with E-state index in [-0.39, 0.29) is 5.56 Å². The second-order valence-electron chi connectivity index (χ2n) is 6.61. The number of hydrogen-bond donors (Lipinski definition) is 0. The van der Waals surface area contributed by atoms with Crippen molar-refractivity contribution in [2.45, 2.75) is 12.5 Å². The average molecular weight is 440 g/mol. The van der Waals surface area contributed by atoms with Crippen molar-refractivity contribution in [2.24, 2.45) is 5.10 Å². The zero-order chi connectivity index (χ0) is 21.8. The highest BCUT2D eigenvalue weighted by Crippen LogP contribution is 2.34. The number of carbonyl (C=O) groups excluding carboxylic acids is 2. The Morgan fingerprint density at radius 3 is 2.52 bits per heavy atom. The third-order valence-electron chi connectivity index (χ3n) is 4.80. The van der Waals surface area contributed by atoms with Gasteiger partial charge >= 0.3 is 5.97 Å². The Bertz CT molecular complexity index is 1070. The molecule has 0 fully saturated rings. The van der Waals surface area contributed by atoms with Crippen LogP contribution in [0.2, 0.25) is 0 Å². The zero-order valence-electron chi connectivity index (χ0n) is 16.9. The van der Waals surface area contributed by atoms with Gasteiger partial charge in [0, 0.05) is 6.42 Å². The number of rotatable bonds is 7. The molecule has 8 nitrogen and oxygen atoms in total. The molecule has 1 aliphatic rings. The molecule has 4 rings (SSSR count). The van der Waals surface area contributed by atoms with Gasteiger partial charge in [0.1, 0.15) is 28.9 Å². The SMILES string of the molecule is COc1cccc(OC)c1C(=O)OCC(=O)N1N=C(c2cccs2)CC1c1ccco1. The van der Waals surface area contributed by atoms with Crippen LogP contribution in [0.15, 0.2) is 63.6 Å². The van der Waals surface area contributed by atoms with Crippen molar-refractivity contribution in [3.05, 3.63) is 70.3 Å². The molecule has 2 aromatic heterocycles. The fourth-order valence-corrected chi connectivity index (χ4v) is 4.07. The second kappa shape index (κ2) is 9.05. The average Bonchev–Trinajstić information content (AvgIpc) is 3.56. The first-order chi connectivity index (χ1) is 15.1. The lowest BCUT2D eigenvalue weighted by Crippen LogP contribution is -2.31. The van der Waals surface area contributed by atoms with Crippen molar-refractivity contribution in [1.82, 2.24) is 5.01 Å². The molecule has 0 radical (unpaired) electrons. The van der Waals surface area contributed by atoms with Crippen LogP contribution in [0, 0.1) is 0 Å². The Balaban J connectivity index is 1.52. The molecule has 3 aromatic rings. The Morgan fingerprint density at radius 2 is 1.90 bits per heavy atom. The van der Waals surface area contributed by atoms with Gasteiger partial charge in [0.25, 0.3) is 5.91 Å². The number of ether oxygens (including phenoxy) is 3. The van der Waals surface area contributed by atoms with E-state index in [2.05, 4.69) is 5.10 Å². The van der Waals surface area contributed by atoms with Crippen LogP contribution in [-0.4, -0.2) is 43.4 Å². The van der Waals surface area contributed by atoms with Crippen LogP contribution in [0.25, 0.3) is 0 Å². The van der Waals surface area contributed by atoms with Gasteiger partial charge in [-0.2, -0.15) is 5.10 Å². The van der Waals surface area contributed by atoms with Crippen molar-refractivity contribution in [3.8, 4) is 11.5 Å². The van der Waals surface area contributed by atoms with Gasteiger partial charge in [0.05, 0.1) is 31.1 Å². The second-order valence-corrected chi connectivity index (χ2v) is 7.56. The molecule has 0 spiro atoms. The monoisotopic (exact) mass is 440 g/mol. The molecule has 1 aliphatic heterocycles. The van der Waals surface area contributed by atoms with E-state index in [1.165, 1.54) is 19.2 Å². The first-order valence-corrected chi connectivity index (χ1v) is 10.3. The number of furan rings is 1. The van der Waals surface area contributed by atoms with Gasteiger partial charge in [-0.25, -0.2) is 9.80 Å². The Labute approximate surface area is 182 Å². The number of nitrogens with zero attached hydrogens (tertiary/aromatic N) is 2. The normalized spacial score (nSPS) is 15.5. The number of thiophene rings is 1. The predicted molar refractivity (Wildman–Crippen MR) is 114 cm³/mol. The van der Waals surface area contributed by atoms with Crippen molar-refractivity contribution in [1.29, 1.82) is 0 Å². The maximum Gasteiger partial charge on any atom is 0.346 e. The summed E-state index contributed by atoms with van der Waals surface area (Å²) in [5.74, 6) is 0.0179. The van der Waals surface area contributed by atoms with Gasteiger partial charge in [-0.1, -0.05) is 12.1 Å². The maximum absolute atomic E-state index is 13.0. The largest absolute Gasteiger partial charge is 0.496 e. The quantitative estimate of drug-likeness (QED) is 0.518. The summed E-state index contributed by atoms with van der Waals surface area (Å²) in [4.78, 5) is 26.6. The summed E-state index contributed by atoms with van der Waals surface area (Å²) < 4.78 is 21.3. The third-order valence-corrected chi connectivity index (χ3v) is 5.72. The first kappa shape index (κ1) is 20.7. The summed E-state index contributed by atoms with van der Waals surface area (Å²) in [5.41, 5.74) is 0.898. The van der Waals surface area contributed by atoms with Crippen LogP contribution in [-0.2, 0) is 9.53 Å². The summed E-state index contributed by atoms with van der Waals surface area (Å²) in [6.07, 6.45) is 2.06. The third kappa shape index (κ3) is 4.17. The summed E-state index contributed by atoms with van der Waals surface area (Å²) in [6, 6.07) is 12.0. The number of esters is 1. The van der Waals surface area contributed by atoms with Gasteiger partial charge in [0.2, 0.25) is 0 Å². The van der Waals surface area contributed by atoms with E-state index in [0.717, 1.165) is 10.6 Å². The topological polar surface area (TPSA) is 90.6 Å². The molecular formula is C22H20N2O6S. The molecule has 9 heteroatoms. The van der Waals surface area contributed by atoms with E-state index in [0.29, 0.717) is 23.7 Å². The smallest absolute Gasteiger partial charge is 0.346 e. The highest BCUT2D eigenvalue weighted by atomic mass is 32.1. The van der Waals surface area contributed by atoms with Crippen molar-refractivity contribution < 1.29 is 28.2 Å². The van der Waals surface area contributed by atoms with Gasteiger partial charge in [-0.15, -0.1) is 11.3 Å². The highest BCUT2D eigenvalue weighted by molar-refractivity contribution is 7.12. The summed E-state index contributed by atoms with van der Waals surface area (Å²) in [7, 11) is 2.88. The number of carbonyl (C=O) groups is 2. The van der Waals surface area contributed by atoms with E-state index in [1.807, 2.05) is 17.5 Å². The zero-order valence-corrected chi connectivity index (χ0v) is 17.8.